The Bertz CT molecular complexity index is 457. The van der Waals surface area contributed by atoms with Crippen LogP contribution < -0.4 is 0 Å². The molecule has 0 aliphatic rings. The van der Waals surface area contributed by atoms with Crippen LogP contribution in [-0.4, -0.2) is 34.5 Å². The third-order valence-electron chi connectivity index (χ3n) is 3.05. The minimum absolute atomic E-state index is 0.00386. The van der Waals surface area contributed by atoms with Crippen molar-refractivity contribution in [3.05, 3.63) is 34.3 Å². The number of hydrogen-bond acceptors (Lipinski definition) is 2. The summed E-state index contributed by atoms with van der Waals surface area (Å²) in [6.45, 7) is 4.07. The summed E-state index contributed by atoms with van der Waals surface area (Å²) in [5.74, 6) is -0.875. The molecule has 1 aromatic rings. The third kappa shape index (κ3) is 5.74. The Hall–Kier alpha value is -1.36. The van der Waals surface area contributed by atoms with E-state index in [9.17, 15) is 9.59 Å². The zero-order valence-electron chi connectivity index (χ0n) is 11.8. The first-order valence-corrected chi connectivity index (χ1v) is 7.45. The predicted molar refractivity (Wildman–Crippen MR) is 81.6 cm³/mol. The number of benzene rings is 1. The normalized spacial score (nSPS) is 10.6. The highest BCUT2D eigenvalue weighted by atomic mass is 79.9. The second-order valence-electron chi connectivity index (χ2n) is 4.95. The van der Waals surface area contributed by atoms with E-state index in [1.54, 1.807) is 4.90 Å². The number of carboxylic acid groups (broad SMARTS) is 1. The second-order valence-corrected chi connectivity index (χ2v) is 5.87. The number of amides is 1. The van der Waals surface area contributed by atoms with E-state index in [0.29, 0.717) is 12.8 Å². The molecule has 0 aliphatic carbocycles. The molecule has 0 saturated heterocycles. The molecule has 0 radical (unpaired) electrons. The molecule has 0 fully saturated rings. The fourth-order valence-corrected chi connectivity index (χ4v) is 2.20. The minimum atomic E-state index is -0.878. The highest BCUT2D eigenvalue weighted by Gasteiger charge is 2.17. The second kappa shape index (κ2) is 8.04. The standard InChI is InChI=1S/C15H20BrNO3/c1-11(2)17(10-9-15(19)20)14(18)8-5-12-3-6-13(16)7-4-12/h3-4,6-7,11H,5,8-10H2,1-2H3,(H,19,20). The number of aryl methyl sites for hydroxylation is 1. The van der Waals surface area contributed by atoms with E-state index in [0.717, 1.165) is 10.0 Å². The quantitative estimate of drug-likeness (QED) is 0.828. The molecule has 4 nitrogen and oxygen atoms in total. The first-order valence-electron chi connectivity index (χ1n) is 6.66. The van der Waals surface area contributed by atoms with Crippen molar-refractivity contribution in [2.24, 2.45) is 0 Å². The van der Waals surface area contributed by atoms with Gasteiger partial charge in [0.15, 0.2) is 0 Å². The van der Waals surface area contributed by atoms with E-state index in [1.165, 1.54) is 0 Å². The number of carboxylic acids is 1. The number of halogens is 1. The minimum Gasteiger partial charge on any atom is -0.481 e. The van der Waals surface area contributed by atoms with Crippen molar-refractivity contribution in [1.29, 1.82) is 0 Å². The van der Waals surface area contributed by atoms with Gasteiger partial charge in [-0.15, -0.1) is 0 Å². The van der Waals surface area contributed by atoms with E-state index >= 15 is 0 Å². The maximum Gasteiger partial charge on any atom is 0.305 e. The zero-order valence-corrected chi connectivity index (χ0v) is 13.4. The van der Waals surface area contributed by atoms with Crippen LogP contribution in [0, 0.1) is 0 Å². The van der Waals surface area contributed by atoms with E-state index in [4.69, 9.17) is 5.11 Å². The van der Waals surface area contributed by atoms with Crippen LogP contribution in [0.15, 0.2) is 28.7 Å². The Kier molecular flexibility index (Phi) is 6.71. The first-order chi connectivity index (χ1) is 9.40. The van der Waals surface area contributed by atoms with Crippen LogP contribution in [0.3, 0.4) is 0 Å². The lowest BCUT2D eigenvalue weighted by Crippen LogP contribution is -2.38. The van der Waals surface area contributed by atoms with Crippen molar-refractivity contribution in [2.75, 3.05) is 6.54 Å². The van der Waals surface area contributed by atoms with Gasteiger partial charge in [-0.25, -0.2) is 0 Å². The van der Waals surface area contributed by atoms with Crippen molar-refractivity contribution < 1.29 is 14.7 Å². The number of nitrogens with zero attached hydrogens (tertiary/aromatic N) is 1. The SMILES string of the molecule is CC(C)N(CCC(=O)O)C(=O)CCc1ccc(Br)cc1. The average Bonchev–Trinajstić information content (AvgIpc) is 2.37. The molecule has 0 aliphatic heterocycles. The van der Waals surface area contributed by atoms with E-state index in [1.807, 2.05) is 38.1 Å². The van der Waals surface area contributed by atoms with Gasteiger partial charge < -0.3 is 10.0 Å². The van der Waals surface area contributed by atoms with Gasteiger partial charge in [0.25, 0.3) is 0 Å². The van der Waals surface area contributed by atoms with E-state index in [2.05, 4.69) is 15.9 Å². The van der Waals surface area contributed by atoms with Gasteiger partial charge in [0.05, 0.1) is 6.42 Å². The lowest BCUT2D eigenvalue weighted by Gasteiger charge is -2.26. The van der Waals surface area contributed by atoms with Crippen LogP contribution in [0.25, 0.3) is 0 Å². The number of hydrogen-bond donors (Lipinski definition) is 1. The fourth-order valence-electron chi connectivity index (χ4n) is 1.93. The summed E-state index contributed by atoms with van der Waals surface area (Å²) in [6.07, 6.45) is 1.06. The molecule has 1 amide bonds. The van der Waals surface area contributed by atoms with Gasteiger partial charge in [-0.3, -0.25) is 9.59 Å². The summed E-state index contributed by atoms with van der Waals surface area (Å²) in [5.41, 5.74) is 1.10. The van der Waals surface area contributed by atoms with E-state index in [-0.39, 0.29) is 24.9 Å². The summed E-state index contributed by atoms with van der Waals surface area (Å²) in [7, 11) is 0. The van der Waals surface area contributed by atoms with E-state index < -0.39 is 5.97 Å². The average molecular weight is 342 g/mol. The highest BCUT2D eigenvalue weighted by molar-refractivity contribution is 9.10. The highest BCUT2D eigenvalue weighted by Crippen LogP contribution is 2.13. The van der Waals surface area contributed by atoms with Crippen LogP contribution in [0.4, 0.5) is 0 Å². The Morgan fingerprint density at radius 1 is 1.20 bits per heavy atom. The molecule has 0 heterocycles. The van der Waals surface area contributed by atoms with Gasteiger partial charge >= 0.3 is 5.97 Å². The van der Waals surface area contributed by atoms with Gasteiger partial charge in [0.2, 0.25) is 5.91 Å². The van der Waals surface area contributed by atoms with Gasteiger partial charge in [-0.2, -0.15) is 0 Å². The van der Waals surface area contributed by atoms with Crippen LogP contribution >= 0.6 is 15.9 Å². The molecule has 0 aromatic heterocycles. The Morgan fingerprint density at radius 2 is 1.80 bits per heavy atom. The summed E-state index contributed by atoms with van der Waals surface area (Å²) in [6, 6.07) is 7.88. The van der Waals surface area contributed by atoms with Gasteiger partial charge in [0, 0.05) is 23.5 Å². The number of aliphatic carboxylic acids is 1. The molecule has 0 spiro atoms. The molecular weight excluding hydrogens is 322 g/mol. The molecule has 0 saturated carbocycles. The number of rotatable bonds is 7. The summed E-state index contributed by atoms with van der Waals surface area (Å²) < 4.78 is 1.01. The maximum absolute atomic E-state index is 12.2. The van der Waals surface area contributed by atoms with Gasteiger partial charge in [-0.1, -0.05) is 28.1 Å². The van der Waals surface area contributed by atoms with Crippen molar-refractivity contribution in [3.8, 4) is 0 Å². The smallest absolute Gasteiger partial charge is 0.305 e. The third-order valence-corrected chi connectivity index (χ3v) is 3.58. The lowest BCUT2D eigenvalue weighted by molar-refractivity contribution is -0.139. The van der Waals surface area contributed by atoms with Crippen LogP contribution in [0.1, 0.15) is 32.3 Å². The molecule has 1 N–H and O–H groups in total. The molecule has 0 unspecified atom stereocenters. The predicted octanol–water partition coefficient (Wildman–Crippen LogP) is 3.09. The fraction of sp³-hybridized carbons (Fsp3) is 0.467. The van der Waals surface area contributed by atoms with Crippen LogP contribution in [-0.2, 0) is 16.0 Å². The molecule has 0 bridgehead atoms. The Morgan fingerprint density at radius 3 is 2.30 bits per heavy atom. The first kappa shape index (κ1) is 16.7. The zero-order chi connectivity index (χ0) is 15.1. The van der Waals surface area contributed by atoms with Crippen LogP contribution in [0.5, 0.6) is 0 Å². The van der Waals surface area contributed by atoms with Crippen LogP contribution in [0.2, 0.25) is 0 Å². The van der Waals surface area contributed by atoms with Gasteiger partial charge in [0.1, 0.15) is 0 Å². The van der Waals surface area contributed by atoms with Crippen molar-refractivity contribution in [1.82, 2.24) is 4.90 Å². The molecule has 1 rings (SSSR count). The summed E-state index contributed by atoms with van der Waals surface area (Å²) >= 11 is 3.37. The number of carbonyl (C=O) groups is 2. The summed E-state index contributed by atoms with van der Waals surface area (Å²) in [4.78, 5) is 24.4. The monoisotopic (exact) mass is 341 g/mol. The maximum atomic E-state index is 12.2. The van der Waals surface area contributed by atoms with Gasteiger partial charge in [-0.05, 0) is 38.0 Å². The Balaban J connectivity index is 2.53. The molecular formula is C15H20BrNO3. The van der Waals surface area contributed by atoms with Crippen molar-refractivity contribution in [3.63, 3.8) is 0 Å². The molecule has 5 heteroatoms. The van der Waals surface area contributed by atoms with Crippen molar-refractivity contribution >= 4 is 27.8 Å². The molecule has 1 aromatic carbocycles. The number of carbonyl (C=O) groups excluding carboxylic acids is 1. The molecule has 110 valence electrons. The summed E-state index contributed by atoms with van der Waals surface area (Å²) in [5, 5.41) is 8.72. The lowest BCUT2D eigenvalue weighted by atomic mass is 10.1. The molecule has 20 heavy (non-hydrogen) atoms. The Labute approximate surface area is 127 Å². The topological polar surface area (TPSA) is 57.6 Å². The van der Waals surface area contributed by atoms with Crippen molar-refractivity contribution in [2.45, 2.75) is 39.2 Å². The largest absolute Gasteiger partial charge is 0.481 e. The molecule has 0 atom stereocenters.